The van der Waals surface area contributed by atoms with Gasteiger partial charge in [0.05, 0.1) is 5.69 Å². The molecule has 130 valence electrons. The molecular formula is C20H27NO2S. The molecule has 2 unspecified atom stereocenters. The van der Waals surface area contributed by atoms with E-state index in [0.29, 0.717) is 6.54 Å². The van der Waals surface area contributed by atoms with E-state index in [2.05, 4.69) is 13.0 Å². The molecule has 0 aromatic heterocycles. The molecule has 24 heavy (non-hydrogen) atoms. The molecule has 1 aliphatic carbocycles. The topological polar surface area (TPSA) is 37.4 Å². The third-order valence-corrected chi connectivity index (χ3v) is 7.94. The molecule has 3 rings (SSSR count). The van der Waals surface area contributed by atoms with E-state index in [4.69, 9.17) is 0 Å². The van der Waals surface area contributed by atoms with Crippen LogP contribution in [0.5, 0.6) is 0 Å². The molecule has 0 saturated carbocycles. The number of rotatable bonds is 6. The van der Waals surface area contributed by atoms with Gasteiger partial charge in [0.1, 0.15) is 4.75 Å². The number of allylic oxidation sites excluding steroid dienone is 3. The van der Waals surface area contributed by atoms with E-state index in [9.17, 15) is 8.42 Å². The third kappa shape index (κ3) is 2.81. The summed E-state index contributed by atoms with van der Waals surface area (Å²) in [4.78, 5) is 0. The zero-order valence-electron chi connectivity index (χ0n) is 14.6. The fourth-order valence-electron chi connectivity index (χ4n) is 3.83. The Labute approximate surface area is 146 Å². The molecule has 0 fully saturated rings. The summed E-state index contributed by atoms with van der Waals surface area (Å²) in [5.41, 5.74) is 1.98. The molecule has 0 radical (unpaired) electrons. The number of hydrogen-bond acceptors (Lipinski definition) is 2. The zero-order valence-corrected chi connectivity index (χ0v) is 15.4. The summed E-state index contributed by atoms with van der Waals surface area (Å²) in [6.07, 6.45) is 12.9. The standard InChI is InChI=1S/C20H27NO2S/c1-3-4-5-11-18-12-8-9-15-20(18,2)24(22,23)21-16-14-17-10-6-7-13-19(17)21/h6-10,12-13,15,18H,3-5,11,14,16H2,1-2H3. The number of nitrogens with zero attached hydrogens (tertiary/aromatic N) is 1. The molecule has 4 heteroatoms. The average Bonchev–Trinajstić information content (AvgIpc) is 3.01. The van der Waals surface area contributed by atoms with E-state index >= 15 is 0 Å². The van der Waals surface area contributed by atoms with Gasteiger partial charge in [0.2, 0.25) is 10.0 Å². The largest absolute Gasteiger partial charge is 0.269 e. The summed E-state index contributed by atoms with van der Waals surface area (Å²) >= 11 is 0. The van der Waals surface area contributed by atoms with Crippen LogP contribution in [0.3, 0.4) is 0 Å². The lowest BCUT2D eigenvalue weighted by Crippen LogP contribution is -2.49. The summed E-state index contributed by atoms with van der Waals surface area (Å²) in [7, 11) is -3.47. The lowest BCUT2D eigenvalue weighted by Gasteiger charge is -2.38. The maximum Gasteiger partial charge on any atom is 0.244 e. The molecule has 0 amide bonds. The van der Waals surface area contributed by atoms with Crippen LogP contribution in [0.1, 0.15) is 45.1 Å². The Morgan fingerprint density at radius 1 is 1.21 bits per heavy atom. The summed E-state index contributed by atoms with van der Waals surface area (Å²) in [5.74, 6) is 0.0341. The minimum Gasteiger partial charge on any atom is -0.269 e. The van der Waals surface area contributed by atoms with Crippen LogP contribution in [0.2, 0.25) is 0 Å². The van der Waals surface area contributed by atoms with Gasteiger partial charge in [-0.3, -0.25) is 4.31 Å². The van der Waals surface area contributed by atoms with Crippen LogP contribution < -0.4 is 4.31 Å². The van der Waals surface area contributed by atoms with Crippen molar-refractivity contribution in [2.45, 2.75) is 50.7 Å². The summed E-state index contributed by atoms with van der Waals surface area (Å²) in [6, 6.07) is 7.86. The van der Waals surface area contributed by atoms with Gasteiger partial charge in [-0.25, -0.2) is 8.42 Å². The molecule has 0 N–H and O–H groups in total. The van der Waals surface area contributed by atoms with E-state index in [1.165, 1.54) is 0 Å². The monoisotopic (exact) mass is 345 g/mol. The molecule has 2 aliphatic rings. The number of unbranched alkanes of at least 4 members (excludes halogenated alkanes) is 2. The number of sulfonamides is 1. The highest BCUT2D eigenvalue weighted by atomic mass is 32.2. The van der Waals surface area contributed by atoms with Crippen LogP contribution in [0.4, 0.5) is 5.69 Å². The summed E-state index contributed by atoms with van der Waals surface area (Å²) in [6.45, 7) is 4.62. The molecule has 1 aromatic rings. The van der Waals surface area contributed by atoms with Crippen molar-refractivity contribution in [3.05, 3.63) is 54.1 Å². The number of fused-ring (bicyclic) bond motifs is 1. The van der Waals surface area contributed by atoms with Crippen LogP contribution >= 0.6 is 0 Å². The van der Waals surface area contributed by atoms with Gasteiger partial charge in [-0.2, -0.15) is 0 Å². The summed E-state index contributed by atoms with van der Waals surface area (Å²) < 4.78 is 27.9. The molecule has 0 saturated heterocycles. The maximum atomic E-state index is 13.6. The van der Waals surface area contributed by atoms with Crippen LogP contribution in [-0.4, -0.2) is 19.7 Å². The number of benzene rings is 1. The van der Waals surface area contributed by atoms with E-state index in [0.717, 1.165) is 43.4 Å². The molecule has 1 aromatic carbocycles. The van der Waals surface area contributed by atoms with Crippen molar-refractivity contribution in [1.29, 1.82) is 0 Å². The third-order valence-electron chi connectivity index (χ3n) is 5.43. The highest BCUT2D eigenvalue weighted by Gasteiger charge is 2.48. The van der Waals surface area contributed by atoms with Gasteiger partial charge >= 0.3 is 0 Å². The quantitative estimate of drug-likeness (QED) is 0.714. The van der Waals surface area contributed by atoms with E-state index < -0.39 is 14.8 Å². The average molecular weight is 346 g/mol. The highest BCUT2D eigenvalue weighted by Crippen LogP contribution is 2.41. The fourth-order valence-corrected chi connectivity index (χ4v) is 5.90. The lowest BCUT2D eigenvalue weighted by molar-refractivity contribution is 0.446. The molecule has 1 heterocycles. The van der Waals surface area contributed by atoms with Crippen molar-refractivity contribution in [3.63, 3.8) is 0 Å². The van der Waals surface area contributed by atoms with Crippen LogP contribution in [0.15, 0.2) is 48.6 Å². The van der Waals surface area contributed by atoms with Gasteiger partial charge in [0, 0.05) is 12.5 Å². The van der Waals surface area contributed by atoms with Gasteiger partial charge in [-0.1, -0.05) is 68.7 Å². The molecular weight excluding hydrogens is 318 g/mol. The normalized spacial score (nSPS) is 25.9. The maximum absolute atomic E-state index is 13.6. The van der Waals surface area contributed by atoms with Gasteiger partial charge in [0.25, 0.3) is 0 Å². The Morgan fingerprint density at radius 2 is 2.00 bits per heavy atom. The van der Waals surface area contributed by atoms with Crippen molar-refractivity contribution >= 4 is 15.7 Å². The van der Waals surface area contributed by atoms with Crippen LogP contribution in [-0.2, 0) is 16.4 Å². The van der Waals surface area contributed by atoms with E-state index in [-0.39, 0.29) is 5.92 Å². The lowest BCUT2D eigenvalue weighted by atomic mass is 9.85. The second-order valence-corrected chi connectivity index (χ2v) is 9.26. The number of hydrogen-bond donors (Lipinski definition) is 0. The molecule has 3 nitrogen and oxygen atoms in total. The Hall–Kier alpha value is -1.55. The SMILES string of the molecule is CCCCCC1C=CC=CC1(C)S(=O)(=O)N1CCc2ccccc21. The molecule has 1 aliphatic heterocycles. The molecule has 0 bridgehead atoms. The minimum absolute atomic E-state index is 0.0341. The van der Waals surface area contributed by atoms with Crippen molar-refractivity contribution < 1.29 is 8.42 Å². The molecule has 0 spiro atoms. The molecule has 2 atom stereocenters. The van der Waals surface area contributed by atoms with Crippen molar-refractivity contribution in [3.8, 4) is 0 Å². The first kappa shape index (κ1) is 17.3. The Kier molecular flexibility index (Phi) is 4.86. The van der Waals surface area contributed by atoms with Gasteiger partial charge in [-0.15, -0.1) is 0 Å². The predicted octanol–water partition coefficient (Wildman–Crippen LogP) is 4.46. The van der Waals surface area contributed by atoms with Gasteiger partial charge in [0.15, 0.2) is 0 Å². The van der Waals surface area contributed by atoms with Gasteiger partial charge in [-0.05, 0) is 31.4 Å². The van der Waals surface area contributed by atoms with Crippen LogP contribution in [0, 0.1) is 5.92 Å². The second-order valence-electron chi connectivity index (χ2n) is 6.99. The number of anilines is 1. The highest BCUT2D eigenvalue weighted by molar-refractivity contribution is 7.94. The van der Waals surface area contributed by atoms with Crippen molar-refractivity contribution in [1.82, 2.24) is 0 Å². The second kappa shape index (κ2) is 6.75. The predicted molar refractivity (Wildman–Crippen MR) is 101 cm³/mol. The Bertz CT molecular complexity index is 751. The summed E-state index contributed by atoms with van der Waals surface area (Å²) in [5, 5.41) is 0. The first-order valence-corrected chi connectivity index (χ1v) is 10.4. The first-order valence-electron chi connectivity index (χ1n) is 8.97. The van der Waals surface area contributed by atoms with E-state index in [1.807, 2.05) is 49.4 Å². The Morgan fingerprint density at radius 3 is 2.79 bits per heavy atom. The fraction of sp³-hybridized carbons (Fsp3) is 0.500. The van der Waals surface area contributed by atoms with Crippen molar-refractivity contribution in [2.75, 3.05) is 10.8 Å². The van der Waals surface area contributed by atoms with Crippen molar-refractivity contribution in [2.24, 2.45) is 5.92 Å². The number of para-hydroxylation sites is 1. The smallest absolute Gasteiger partial charge is 0.244 e. The van der Waals surface area contributed by atoms with Crippen LogP contribution in [0.25, 0.3) is 0 Å². The minimum atomic E-state index is -3.47. The Balaban J connectivity index is 1.92. The van der Waals surface area contributed by atoms with Gasteiger partial charge < -0.3 is 0 Å². The van der Waals surface area contributed by atoms with E-state index in [1.54, 1.807) is 4.31 Å². The first-order chi connectivity index (χ1) is 11.5. The zero-order chi connectivity index (χ0) is 17.2.